The Bertz CT molecular complexity index is 1260. The van der Waals surface area contributed by atoms with Gasteiger partial charge in [0.15, 0.2) is 0 Å². The van der Waals surface area contributed by atoms with Gasteiger partial charge in [-0.1, -0.05) is 70.2 Å². The number of carbonyl (C=O) groups is 1. The summed E-state index contributed by atoms with van der Waals surface area (Å²) in [6.07, 6.45) is 0.745. The molecule has 2 aromatic heterocycles. The zero-order valence-electron chi connectivity index (χ0n) is 21.1. The van der Waals surface area contributed by atoms with Gasteiger partial charge in [-0.3, -0.25) is 4.79 Å². The van der Waals surface area contributed by atoms with Crippen LogP contribution in [0.25, 0.3) is 11.0 Å². The molecule has 0 fully saturated rings. The molecule has 0 bridgehead atoms. The summed E-state index contributed by atoms with van der Waals surface area (Å²) in [5.74, 6) is 1.55. The summed E-state index contributed by atoms with van der Waals surface area (Å²) in [7, 11) is 0. The number of amides is 1. The highest BCUT2D eigenvalue weighted by molar-refractivity contribution is 7.10. The van der Waals surface area contributed by atoms with E-state index >= 15 is 0 Å². The molecule has 0 aliphatic rings. The van der Waals surface area contributed by atoms with Crippen LogP contribution in [-0.2, 0) is 6.54 Å². The van der Waals surface area contributed by atoms with Gasteiger partial charge in [-0.05, 0) is 48.6 Å². The fraction of sp³-hybridized carbons (Fsp3) is 0.379. The fourth-order valence-electron chi connectivity index (χ4n) is 4.61. The maximum absolute atomic E-state index is 13.9. The standard InChI is InChI=1S/C29H36N4OS/c1-20(2)26-17-23(19-35-26)29(34)32(16-10-15-30)27(21(3)4)28-31-24-13-8-9-14-25(24)33(28)18-22-11-6-5-7-12-22/h5-9,11-14,17,19-21,27H,10,15-16,18,30H2,1-4H3. The third-order valence-electron chi connectivity index (χ3n) is 6.40. The van der Waals surface area contributed by atoms with Gasteiger partial charge in [-0.2, -0.15) is 0 Å². The van der Waals surface area contributed by atoms with Crippen molar-refractivity contribution < 1.29 is 4.79 Å². The van der Waals surface area contributed by atoms with Crippen molar-refractivity contribution in [2.45, 2.75) is 52.6 Å². The highest BCUT2D eigenvalue weighted by atomic mass is 32.1. The van der Waals surface area contributed by atoms with E-state index in [1.54, 1.807) is 11.3 Å². The van der Waals surface area contributed by atoms with Crippen molar-refractivity contribution in [2.75, 3.05) is 13.1 Å². The number of para-hydroxylation sites is 2. The monoisotopic (exact) mass is 488 g/mol. The zero-order valence-corrected chi connectivity index (χ0v) is 22.0. The molecule has 0 saturated heterocycles. The molecular weight excluding hydrogens is 452 g/mol. The van der Waals surface area contributed by atoms with Crippen LogP contribution in [0.2, 0.25) is 0 Å². The summed E-state index contributed by atoms with van der Waals surface area (Å²) in [6.45, 7) is 10.5. The summed E-state index contributed by atoms with van der Waals surface area (Å²) >= 11 is 1.66. The predicted molar refractivity (Wildman–Crippen MR) is 146 cm³/mol. The van der Waals surface area contributed by atoms with Gasteiger partial charge in [0.05, 0.1) is 22.6 Å². The highest BCUT2D eigenvalue weighted by Crippen LogP contribution is 2.34. The maximum Gasteiger partial charge on any atom is 0.255 e. The van der Waals surface area contributed by atoms with E-state index in [0.29, 0.717) is 25.6 Å². The van der Waals surface area contributed by atoms with Crippen molar-refractivity contribution in [3.8, 4) is 0 Å². The van der Waals surface area contributed by atoms with Crippen molar-refractivity contribution in [3.63, 3.8) is 0 Å². The van der Waals surface area contributed by atoms with Crippen LogP contribution >= 0.6 is 11.3 Å². The number of aromatic nitrogens is 2. The minimum absolute atomic E-state index is 0.0543. The van der Waals surface area contributed by atoms with Gasteiger partial charge in [0, 0.05) is 23.3 Å². The molecule has 2 heterocycles. The van der Waals surface area contributed by atoms with Crippen LogP contribution in [0.5, 0.6) is 0 Å². The van der Waals surface area contributed by atoms with Crippen LogP contribution < -0.4 is 5.73 Å². The topological polar surface area (TPSA) is 64.2 Å². The summed E-state index contributed by atoms with van der Waals surface area (Å²) in [5.41, 5.74) is 9.91. The number of imidazole rings is 1. The second kappa shape index (κ2) is 11.2. The number of fused-ring (bicyclic) bond motifs is 1. The Kier molecular flexibility index (Phi) is 8.04. The first kappa shape index (κ1) is 25.1. The number of hydrogen-bond donors (Lipinski definition) is 1. The number of benzene rings is 2. The second-order valence-corrected chi connectivity index (χ2v) is 10.7. The van der Waals surface area contributed by atoms with E-state index in [4.69, 9.17) is 10.7 Å². The molecule has 1 atom stereocenters. The zero-order chi connectivity index (χ0) is 24.9. The molecule has 0 spiro atoms. The molecule has 35 heavy (non-hydrogen) atoms. The lowest BCUT2D eigenvalue weighted by Gasteiger charge is -2.34. The van der Waals surface area contributed by atoms with Crippen LogP contribution in [0, 0.1) is 5.92 Å². The van der Waals surface area contributed by atoms with Crippen molar-refractivity contribution in [1.82, 2.24) is 14.5 Å². The van der Waals surface area contributed by atoms with Crippen LogP contribution in [-0.4, -0.2) is 33.4 Å². The molecule has 184 valence electrons. The number of rotatable bonds is 10. The van der Waals surface area contributed by atoms with E-state index in [-0.39, 0.29) is 17.9 Å². The van der Waals surface area contributed by atoms with Crippen molar-refractivity contribution in [1.29, 1.82) is 0 Å². The van der Waals surface area contributed by atoms with Gasteiger partial charge in [-0.15, -0.1) is 11.3 Å². The Morgan fingerprint density at radius 2 is 1.77 bits per heavy atom. The SMILES string of the molecule is CC(C)c1cc(C(=O)N(CCCN)C(c2nc3ccccc3n2Cc2ccccc2)C(C)C)cs1. The van der Waals surface area contributed by atoms with E-state index in [0.717, 1.165) is 28.8 Å². The van der Waals surface area contributed by atoms with Gasteiger partial charge in [0.2, 0.25) is 0 Å². The Morgan fingerprint density at radius 3 is 2.43 bits per heavy atom. The third-order valence-corrected chi connectivity index (χ3v) is 7.63. The van der Waals surface area contributed by atoms with Crippen LogP contribution in [0.15, 0.2) is 66.0 Å². The first-order valence-electron chi connectivity index (χ1n) is 12.5. The van der Waals surface area contributed by atoms with Gasteiger partial charge in [0.1, 0.15) is 5.82 Å². The second-order valence-electron chi connectivity index (χ2n) is 9.75. The largest absolute Gasteiger partial charge is 0.330 e. The molecule has 0 aliphatic carbocycles. The van der Waals surface area contributed by atoms with Crippen LogP contribution in [0.4, 0.5) is 0 Å². The summed E-state index contributed by atoms with van der Waals surface area (Å²) in [4.78, 5) is 22.3. The molecule has 6 heteroatoms. The average Bonchev–Trinajstić information content (AvgIpc) is 3.48. The number of hydrogen-bond acceptors (Lipinski definition) is 4. The Balaban J connectivity index is 1.82. The van der Waals surface area contributed by atoms with E-state index in [9.17, 15) is 4.79 Å². The van der Waals surface area contributed by atoms with Gasteiger partial charge in [0.25, 0.3) is 5.91 Å². The molecule has 4 aromatic rings. The molecule has 1 unspecified atom stereocenters. The van der Waals surface area contributed by atoms with E-state index in [1.165, 1.54) is 10.4 Å². The third kappa shape index (κ3) is 5.49. The molecule has 5 nitrogen and oxygen atoms in total. The Morgan fingerprint density at radius 1 is 1.06 bits per heavy atom. The highest BCUT2D eigenvalue weighted by Gasteiger charge is 2.33. The molecule has 2 aromatic carbocycles. The Hall–Kier alpha value is -2.96. The van der Waals surface area contributed by atoms with E-state index < -0.39 is 0 Å². The molecule has 1 amide bonds. The minimum atomic E-state index is -0.174. The molecule has 0 aliphatic heterocycles. The number of nitrogens with zero attached hydrogens (tertiary/aromatic N) is 3. The Labute approximate surface area is 212 Å². The molecule has 2 N–H and O–H groups in total. The number of nitrogens with two attached hydrogens (primary N) is 1. The quantitative estimate of drug-likeness (QED) is 0.279. The summed E-state index contributed by atoms with van der Waals surface area (Å²) < 4.78 is 2.28. The smallest absolute Gasteiger partial charge is 0.255 e. The minimum Gasteiger partial charge on any atom is -0.330 e. The van der Waals surface area contributed by atoms with Crippen molar-refractivity contribution >= 4 is 28.3 Å². The normalized spacial score (nSPS) is 12.5. The summed E-state index contributed by atoms with van der Waals surface area (Å²) in [5, 5.41) is 2.00. The maximum atomic E-state index is 13.9. The van der Waals surface area contributed by atoms with Crippen molar-refractivity contribution in [2.24, 2.45) is 11.7 Å². The fourth-order valence-corrected chi connectivity index (χ4v) is 5.51. The lowest BCUT2D eigenvalue weighted by Crippen LogP contribution is -2.40. The first-order chi connectivity index (χ1) is 16.9. The average molecular weight is 489 g/mol. The molecular formula is C29H36N4OS. The predicted octanol–water partition coefficient (Wildman–Crippen LogP) is 6.46. The molecule has 0 saturated carbocycles. The molecule has 4 rings (SSSR count). The first-order valence-corrected chi connectivity index (χ1v) is 13.4. The van der Waals surface area contributed by atoms with Gasteiger partial charge in [-0.25, -0.2) is 4.98 Å². The number of carbonyl (C=O) groups excluding carboxylic acids is 1. The van der Waals surface area contributed by atoms with E-state index in [2.05, 4.69) is 80.8 Å². The van der Waals surface area contributed by atoms with Gasteiger partial charge >= 0.3 is 0 Å². The molecule has 0 radical (unpaired) electrons. The van der Waals surface area contributed by atoms with Crippen molar-refractivity contribution in [3.05, 3.63) is 87.9 Å². The van der Waals surface area contributed by atoms with Crippen LogP contribution in [0.1, 0.15) is 72.7 Å². The lowest BCUT2D eigenvalue weighted by atomic mass is 9.99. The van der Waals surface area contributed by atoms with Gasteiger partial charge < -0.3 is 15.2 Å². The summed E-state index contributed by atoms with van der Waals surface area (Å²) in [6, 6.07) is 20.6. The van der Waals surface area contributed by atoms with E-state index in [1.807, 2.05) is 22.4 Å². The number of thiophene rings is 1. The van der Waals surface area contributed by atoms with Crippen LogP contribution in [0.3, 0.4) is 0 Å². The lowest BCUT2D eigenvalue weighted by molar-refractivity contribution is 0.0605.